The highest BCUT2D eigenvalue weighted by Gasteiger charge is 2.31. The highest BCUT2D eigenvalue weighted by atomic mass is 16.1. The molecule has 2 heterocycles. The lowest BCUT2D eigenvalue weighted by Crippen LogP contribution is -2.13. The van der Waals surface area contributed by atoms with E-state index in [9.17, 15) is 4.79 Å². The molecule has 1 aliphatic carbocycles. The molecule has 0 N–H and O–H groups in total. The van der Waals surface area contributed by atoms with Crippen molar-refractivity contribution in [3.8, 4) is 0 Å². The monoisotopic (exact) mass is 239 g/mol. The second kappa shape index (κ2) is 4.29. The van der Waals surface area contributed by atoms with Crippen molar-refractivity contribution in [2.24, 2.45) is 0 Å². The zero-order valence-electron chi connectivity index (χ0n) is 10.1. The van der Waals surface area contributed by atoms with E-state index in [-0.39, 0.29) is 11.7 Å². The third-order valence-corrected chi connectivity index (χ3v) is 3.30. The Morgan fingerprint density at radius 1 is 1.28 bits per heavy atom. The molecule has 90 valence electrons. The Labute approximate surface area is 105 Å². The van der Waals surface area contributed by atoms with Gasteiger partial charge in [-0.25, -0.2) is 9.97 Å². The maximum atomic E-state index is 12.4. The third-order valence-electron chi connectivity index (χ3n) is 3.30. The highest BCUT2D eigenvalue weighted by Crippen LogP contribution is 2.33. The van der Waals surface area contributed by atoms with Crippen LogP contribution in [0.4, 0.5) is 0 Å². The summed E-state index contributed by atoms with van der Waals surface area (Å²) in [4.78, 5) is 25.0. The van der Waals surface area contributed by atoms with Gasteiger partial charge in [-0.05, 0) is 37.5 Å². The van der Waals surface area contributed by atoms with Crippen LogP contribution in [0.25, 0.3) is 0 Å². The molecule has 0 bridgehead atoms. The first-order valence-electron chi connectivity index (χ1n) is 6.03. The third kappa shape index (κ3) is 1.79. The number of hydrogen-bond acceptors (Lipinski definition) is 4. The van der Waals surface area contributed by atoms with Gasteiger partial charge < -0.3 is 0 Å². The summed E-state index contributed by atoms with van der Waals surface area (Å²) < 4.78 is 0. The Kier molecular flexibility index (Phi) is 2.63. The number of nitrogens with zero attached hydrogens (tertiary/aromatic N) is 3. The Bertz CT molecular complexity index is 609. The lowest BCUT2D eigenvalue weighted by molar-refractivity contribution is 0.0953. The topological polar surface area (TPSA) is 55.7 Å². The molecule has 4 heteroatoms. The van der Waals surface area contributed by atoms with Gasteiger partial charge in [0.2, 0.25) is 0 Å². The van der Waals surface area contributed by atoms with Gasteiger partial charge in [-0.3, -0.25) is 9.78 Å². The van der Waals surface area contributed by atoms with Crippen LogP contribution in [-0.2, 0) is 6.42 Å². The van der Waals surface area contributed by atoms with E-state index < -0.39 is 0 Å². The number of rotatable bonds is 2. The van der Waals surface area contributed by atoms with E-state index >= 15 is 0 Å². The van der Waals surface area contributed by atoms with Crippen molar-refractivity contribution in [3.63, 3.8) is 0 Å². The molecule has 1 aliphatic rings. The van der Waals surface area contributed by atoms with E-state index in [1.807, 2.05) is 12.1 Å². The Morgan fingerprint density at radius 3 is 3.00 bits per heavy atom. The summed E-state index contributed by atoms with van der Waals surface area (Å²) in [6.07, 6.45) is 5.12. The molecule has 2 aromatic rings. The van der Waals surface area contributed by atoms with Crippen LogP contribution in [0, 0.1) is 6.92 Å². The number of aryl methyl sites for hydroxylation is 2. The number of pyridine rings is 1. The summed E-state index contributed by atoms with van der Waals surface area (Å²) >= 11 is 0. The van der Waals surface area contributed by atoms with E-state index in [1.165, 1.54) is 5.56 Å². The summed E-state index contributed by atoms with van der Waals surface area (Å²) in [6, 6.07) is 5.64. The molecule has 18 heavy (non-hydrogen) atoms. The van der Waals surface area contributed by atoms with Crippen LogP contribution in [-0.4, -0.2) is 20.7 Å². The second-order valence-electron chi connectivity index (χ2n) is 4.49. The summed E-state index contributed by atoms with van der Waals surface area (Å²) in [5.41, 5.74) is 2.59. The first kappa shape index (κ1) is 11.0. The molecule has 0 spiro atoms. The van der Waals surface area contributed by atoms with Gasteiger partial charge >= 0.3 is 0 Å². The molecule has 1 unspecified atom stereocenters. The highest BCUT2D eigenvalue weighted by molar-refractivity contribution is 5.99. The molecule has 2 aromatic heterocycles. The van der Waals surface area contributed by atoms with Gasteiger partial charge in [0.1, 0.15) is 11.5 Å². The maximum Gasteiger partial charge on any atom is 0.190 e. The fraction of sp³-hybridized carbons (Fsp3) is 0.286. The molecule has 3 rings (SSSR count). The Balaban J connectivity index is 1.96. The molecule has 0 saturated carbocycles. The van der Waals surface area contributed by atoms with Gasteiger partial charge in [-0.1, -0.05) is 6.07 Å². The van der Waals surface area contributed by atoms with Crippen LogP contribution in [0.15, 0.2) is 30.6 Å². The van der Waals surface area contributed by atoms with Gasteiger partial charge in [0.25, 0.3) is 0 Å². The second-order valence-corrected chi connectivity index (χ2v) is 4.49. The van der Waals surface area contributed by atoms with E-state index in [4.69, 9.17) is 0 Å². The van der Waals surface area contributed by atoms with E-state index in [1.54, 1.807) is 25.4 Å². The number of aromatic nitrogens is 3. The van der Waals surface area contributed by atoms with Crippen molar-refractivity contribution in [1.82, 2.24) is 15.0 Å². The van der Waals surface area contributed by atoms with Crippen LogP contribution in [0.1, 0.15) is 39.9 Å². The summed E-state index contributed by atoms with van der Waals surface area (Å²) in [7, 11) is 0. The number of fused-ring (bicyclic) bond motifs is 1. The summed E-state index contributed by atoms with van der Waals surface area (Å²) in [5, 5.41) is 0. The Hall–Kier alpha value is -2.10. The average molecular weight is 239 g/mol. The average Bonchev–Trinajstić information content (AvgIpc) is 2.82. The van der Waals surface area contributed by atoms with Crippen LogP contribution in [0.3, 0.4) is 0 Å². The van der Waals surface area contributed by atoms with Crippen LogP contribution < -0.4 is 0 Å². The van der Waals surface area contributed by atoms with Gasteiger partial charge in [0.05, 0.1) is 11.6 Å². The molecule has 0 amide bonds. The SMILES string of the molecule is Cc1nccc(C(=O)C2CCc3cccnc32)n1. The van der Waals surface area contributed by atoms with Crippen molar-refractivity contribution in [3.05, 3.63) is 53.4 Å². The quantitative estimate of drug-likeness (QED) is 0.753. The largest absolute Gasteiger partial charge is 0.292 e. The predicted molar refractivity (Wildman–Crippen MR) is 66.4 cm³/mol. The van der Waals surface area contributed by atoms with E-state index in [0.717, 1.165) is 18.5 Å². The number of hydrogen-bond donors (Lipinski definition) is 0. The number of Topliss-reactive ketones (excluding diaryl/α,β-unsaturated/α-hetero) is 1. The van der Waals surface area contributed by atoms with Crippen molar-refractivity contribution in [1.29, 1.82) is 0 Å². The fourth-order valence-corrected chi connectivity index (χ4v) is 2.44. The van der Waals surface area contributed by atoms with Crippen molar-refractivity contribution >= 4 is 5.78 Å². The smallest absolute Gasteiger partial charge is 0.190 e. The van der Waals surface area contributed by atoms with Crippen molar-refractivity contribution < 1.29 is 4.79 Å². The molecular weight excluding hydrogens is 226 g/mol. The predicted octanol–water partition coefficient (Wildman–Crippen LogP) is 2.09. The molecule has 0 aromatic carbocycles. The minimum Gasteiger partial charge on any atom is -0.292 e. The lowest BCUT2D eigenvalue weighted by atomic mass is 9.98. The molecule has 0 aliphatic heterocycles. The maximum absolute atomic E-state index is 12.4. The van der Waals surface area contributed by atoms with Crippen molar-refractivity contribution in [2.45, 2.75) is 25.7 Å². The van der Waals surface area contributed by atoms with Gasteiger partial charge in [0.15, 0.2) is 5.78 Å². The standard InChI is InChI=1S/C14H13N3O/c1-9-15-8-6-12(17-9)14(18)11-5-4-10-3-2-7-16-13(10)11/h2-3,6-8,11H,4-5H2,1H3. The van der Waals surface area contributed by atoms with E-state index in [2.05, 4.69) is 15.0 Å². The van der Waals surface area contributed by atoms with Gasteiger partial charge in [-0.2, -0.15) is 0 Å². The normalized spacial score (nSPS) is 17.5. The molecule has 1 atom stereocenters. The van der Waals surface area contributed by atoms with Gasteiger partial charge in [-0.15, -0.1) is 0 Å². The fourth-order valence-electron chi connectivity index (χ4n) is 2.44. The summed E-state index contributed by atoms with van der Waals surface area (Å²) in [5.74, 6) is 0.536. The Morgan fingerprint density at radius 2 is 2.17 bits per heavy atom. The molecule has 0 radical (unpaired) electrons. The first-order valence-corrected chi connectivity index (χ1v) is 6.03. The van der Waals surface area contributed by atoms with Crippen LogP contribution >= 0.6 is 0 Å². The molecular formula is C14H13N3O. The van der Waals surface area contributed by atoms with Crippen LogP contribution in [0.5, 0.6) is 0 Å². The molecule has 0 saturated heterocycles. The zero-order chi connectivity index (χ0) is 12.5. The van der Waals surface area contributed by atoms with Crippen molar-refractivity contribution in [2.75, 3.05) is 0 Å². The minimum atomic E-state index is -0.143. The zero-order valence-corrected chi connectivity index (χ0v) is 10.1. The van der Waals surface area contributed by atoms with Gasteiger partial charge in [0, 0.05) is 12.4 Å². The number of carbonyl (C=O) groups excluding carboxylic acids is 1. The first-order chi connectivity index (χ1) is 8.75. The number of carbonyl (C=O) groups is 1. The number of ketones is 1. The lowest BCUT2D eigenvalue weighted by Gasteiger charge is -2.08. The van der Waals surface area contributed by atoms with Crippen LogP contribution in [0.2, 0.25) is 0 Å². The molecule has 4 nitrogen and oxygen atoms in total. The minimum absolute atomic E-state index is 0.0537. The van der Waals surface area contributed by atoms with E-state index in [0.29, 0.717) is 11.5 Å². The molecule has 0 fully saturated rings. The summed E-state index contributed by atoms with van der Waals surface area (Å²) in [6.45, 7) is 1.79.